The third-order valence-electron chi connectivity index (χ3n) is 6.84. The number of nitrogens with zero attached hydrogens (tertiary/aromatic N) is 2. The third kappa shape index (κ3) is 4.65. The molecule has 3 aliphatic rings. The Morgan fingerprint density at radius 1 is 0.969 bits per heavy atom. The predicted molar refractivity (Wildman–Crippen MR) is 132 cm³/mol. The number of morpholine rings is 1. The number of benzene rings is 2. The molecular formula is C25H31BrN4O2. The van der Waals surface area contributed by atoms with Crippen LogP contribution in [0.1, 0.15) is 27.9 Å². The van der Waals surface area contributed by atoms with Crippen LogP contribution >= 0.6 is 15.9 Å². The number of halogens is 1. The van der Waals surface area contributed by atoms with Gasteiger partial charge in [-0.1, -0.05) is 15.9 Å². The van der Waals surface area contributed by atoms with Crippen LogP contribution in [-0.2, 0) is 17.6 Å². The lowest BCUT2D eigenvalue weighted by Gasteiger charge is -2.35. The largest absolute Gasteiger partial charge is 0.378 e. The van der Waals surface area contributed by atoms with Crippen LogP contribution in [0.5, 0.6) is 0 Å². The number of nitrogens with one attached hydrogen (secondary N) is 2. The number of rotatable bonds is 4. The predicted octanol–water partition coefficient (Wildman–Crippen LogP) is 2.98. The molecule has 6 nitrogen and oxygen atoms in total. The minimum atomic E-state index is 0.0192. The van der Waals surface area contributed by atoms with Gasteiger partial charge in [0.2, 0.25) is 0 Å². The smallest absolute Gasteiger partial charge is 0.251 e. The average Bonchev–Trinajstić information content (AvgIpc) is 2.85. The van der Waals surface area contributed by atoms with Crippen LogP contribution in [0.15, 0.2) is 40.9 Å². The van der Waals surface area contributed by atoms with E-state index in [0.717, 1.165) is 83.0 Å². The zero-order valence-corrected chi connectivity index (χ0v) is 20.0. The van der Waals surface area contributed by atoms with Crippen molar-refractivity contribution in [2.75, 3.05) is 62.3 Å². The maximum atomic E-state index is 13.0. The summed E-state index contributed by atoms with van der Waals surface area (Å²) in [5, 5.41) is 6.74. The van der Waals surface area contributed by atoms with Gasteiger partial charge in [-0.15, -0.1) is 0 Å². The van der Waals surface area contributed by atoms with Crippen LogP contribution in [0.4, 0.5) is 11.4 Å². The summed E-state index contributed by atoms with van der Waals surface area (Å²) in [4.78, 5) is 17.8. The van der Waals surface area contributed by atoms with Gasteiger partial charge >= 0.3 is 0 Å². The first kappa shape index (κ1) is 21.7. The fourth-order valence-electron chi connectivity index (χ4n) is 5.06. The van der Waals surface area contributed by atoms with Gasteiger partial charge in [-0.2, -0.15) is 0 Å². The molecule has 0 aromatic heterocycles. The van der Waals surface area contributed by atoms with Crippen molar-refractivity contribution in [1.82, 2.24) is 10.6 Å². The summed E-state index contributed by atoms with van der Waals surface area (Å²) in [5.41, 5.74) is 6.01. The zero-order chi connectivity index (χ0) is 21.9. The molecule has 0 unspecified atom stereocenters. The average molecular weight is 499 g/mol. The summed E-state index contributed by atoms with van der Waals surface area (Å²) < 4.78 is 6.62. The maximum Gasteiger partial charge on any atom is 0.251 e. The second-order valence-electron chi connectivity index (χ2n) is 8.82. The van der Waals surface area contributed by atoms with Gasteiger partial charge in [0.25, 0.3) is 5.91 Å². The highest BCUT2D eigenvalue weighted by Gasteiger charge is 2.26. The normalized spacial score (nSPS) is 21.2. The Bertz CT molecular complexity index is 953. The lowest BCUT2D eigenvalue weighted by atomic mass is 9.86. The van der Waals surface area contributed by atoms with E-state index in [9.17, 15) is 4.79 Å². The Kier molecular flexibility index (Phi) is 6.67. The van der Waals surface area contributed by atoms with Gasteiger partial charge in [-0.05, 0) is 66.8 Å². The van der Waals surface area contributed by atoms with Crippen molar-refractivity contribution in [3.8, 4) is 0 Å². The van der Waals surface area contributed by atoms with Gasteiger partial charge in [0.05, 0.1) is 13.2 Å². The monoisotopic (exact) mass is 498 g/mol. The highest BCUT2D eigenvalue weighted by molar-refractivity contribution is 9.10. The van der Waals surface area contributed by atoms with E-state index in [4.69, 9.17) is 4.74 Å². The quantitative estimate of drug-likeness (QED) is 0.678. The molecule has 5 rings (SSSR count). The number of anilines is 2. The van der Waals surface area contributed by atoms with Crippen molar-refractivity contribution in [3.05, 3.63) is 57.6 Å². The number of hydrogen-bond donors (Lipinski definition) is 2. The first-order valence-corrected chi connectivity index (χ1v) is 12.5. The van der Waals surface area contributed by atoms with Crippen LogP contribution in [0.3, 0.4) is 0 Å². The van der Waals surface area contributed by atoms with Crippen molar-refractivity contribution in [1.29, 1.82) is 0 Å². The molecule has 2 aliphatic heterocycles. The van der Waals surface area contributed by atoms with E-state index in [1.807, 2.05) is 12.1 Å². The molecule has 2 aromatic carbocycles. The van der Waals surface area contributed by atoms with Crippen LogP contribution in [0.25, 0.3) is 0 Å². The number of piperazine rings is 1. The summed E-state index contributed by atoms with van der Waals surface area (Å²) in [6.45, 7) is 7.42. The van der Waals surface area contributed by atoms with E-state index in [0.29, 0.717) is 0 Å². The van der Waals surface area contributed by atoms with Crippen molar-refractivity contribution in [2.45, 2.75) is 25.3 Å². The fourth-order valence-corrected chi connectivity index (χ4v) is 5.63. The highest BCUT2D eigenvalue weighted by Crippen LogP contribution is 2.35. The Balaban J connectivity index is 1.27. The second kappa shape index (κ2) is 9.81. The standard InChI is InChI=1S/C25H31BrN4O2/c26-23-7-8-24(30-11-9-27-10-12-30)22-17-19(3-6-21(22)23)28-25(31)18-1-4-20(5-2-18)29-13-15-32-16-14-29/h1-2,4-5,7-8,19,27H,3,6,9-17H2,(H,28,31)/t19-/m1/s1. The number of hydrogen-bond acceptors (Lipinski definition) is 5. The maximum absolute atomic E-state index is 13.0. The fraction of sp³-hybridized carbons (Fsp3) is 0.480. The molecular weight excluding hydrogens is 468 g/mol. The molecule has 32 heavy (non-hydrogen) atoms. The molecule has 0 bridgehead atoms. The van der Waals surface area contributed by atoms with E-state index < -0.39 is 0 Å². The minimum Gasteiger partial charge on any atom is -0.378 e. The minimum absolute atomic E-state index is 0.0192. The van der Waals surface area contributed by atoms with E-state index in [2.05, 4.69) is 60.6 Å². The molecule has 7 heteroatoms. The molecule has 1 aliphatic carbocycles. The molecule has 2 saturated heterocycles. The van der Waals surface area contributed by atoms with Gasteiger partial charge < -0.3 is 25.2 Å². The van der Waals surface area contributed by atoms with E-state index in [-0.39, 0.29) is 11.9 Å². The Labute approximate surface area is 198 Å². The molecule has 2 N–H and O–H groups in total. The Morgan fingerprint density at radius 2 is 1.72 bits per heavy atom. The van der Waals surface area contributed by atoms with Gasteiger partial charge in [0.15, 0.2) is 0 Å². The lowest BCUT2D eigenvalue weighted by Crippen LogP contribution is -2.45. The molecule has 1 atom stereocenters. The van der Waals surface area contributed by atoms with Crippen molar-refractivity contribution in [3.63, 3.8) is 0 Å². The number of fused-ring (bicyclic) bond motifs is 1. The molecule has 2 fully saturated rings. The molecule has 2 heterocycles. The highest BCUT2D eigenvalue weighted by atomic mass is 79.9. The third-order valence-corrected chi connectivity index (χ3v) is 7.58. The first-order chi connectivity index (χ1) is 15.7. The molecule has 170 valence electrons. The van der Waals surface area contributed by atoms with Crippen LogP contribution in [0, 0.1) is 0 Å². The summed E-state index contributed by atoms with van der Waals surface area (Å²) >= 11 is 3.76. The second-order valence-corrected chi connectivity index (χ2v) is 9.67. The van der Waals surface area contributed by atoms with E-state index >= 15 is 0 Å². The Morgan fingerprint density at radius 3 is 2.47 bits per heavy atom. The van der Waals surface area contributed by atoms with Crippen molar-refractivity contribution < 1.29 is 9.53 Å². The summed E-state index contributed by atoms with van der Waals surface area (Å²) in [5.74, 6) is 0.0192. The lowest BCUT2D eigenvalue weighted by molar-refractivity contribution is 0.0933. The molecule has 2 aromatic rings. The number of carbonyl (C=O) groups excluding carboxylic acids is 1. The molecule has 0 radical (unpaired) electrons. The molecule has 0 saturated carbocycles. The zero-order valence-electron chi connectivity index (χ0n) is 18.4. The van der Waals surface area contributed by atoms with Gasteiger partial charge in [0, 0.05) is 66.7 Å². The number of ether oxygens (including phenoxy) is 1. The Hall–Kier alpha value is -2.09. The number of carbonyl (C=O) groups is 1. The summed E-state index contributed by atoms with van der Waals surface area (Å²) in [6, 6.07) is 12.6. The molecule has 0 spiro atoms. The van der Waals surface area contributed by atoms with E-state index in [1.54, 1.807) is 0 Å². The molecule has 1 amide bonds. The van der Waals surface area contributed by atoms with Gasteiger partial charge in [-0.3, -0.25) is 4.79 Å². The topological polar surface area (TPSA) is 56.8 Å². The van der Waals surface area contributed by atoms with Gasteiger partial charge in [0.1, 0.15) is 0 Å². The van der Waals surface area contributed by atoms with Crippen LogP contribution in [-0.4, -0.2) is 64.4 Å². The summed E-state index contributed by atoms with van der Waals surface area (Å²) in [6.07, 6.45) is 2.83. The van der Waals surface area contributed by atoms with E-state index in [1.165, 1.54) is 21.3 Å². The van der Waals surface area contributed by atoms with Crippen molar-refractivity contribution >= 4 is 33.2 Å². The first-order valence-electron chi connectivity index (χ1n) is 11.7. The summed E-state index contributed by atoms with van der Waals surface area (Å²) in [7, 11) is 0. The van der Waals surface area contributed by atoms with Crippen LogP contribution in [0.2, 0.25) is 0 Å². The number of amides is 1. The van der Waals surface area contributed by atoms with Gasteiger partial charge in [-0.25, -0.2) is 0 Å². The van der Waals surface area contributed by atoms with Crippen LogP contribution < -0.4 is 20.4 Å². The van der Waals surface area contributed by atoms with Crippen molar-refractivity contribution in [2.24, 2.45) is 0 Å². The SMILES string of the molecule is O=C(N[C@@H]1CCc2c(Br)ccc(N3CCNCC3)c2C1)c1ccc(N2CCOCC2)cc1.